The highest BCUT2D eigenvalue weighted by atomic mass is 35.5. The third-order valence-electron chi connectivity index (χ3n) is 5.41. The standard InChI is InChI=1S/C25H25ClN6O2/c1-14-8-19(27)6-7-20(14)31-25-29-11-15(2)23(32-25)17-10-21(28-12-17)24(34)30-22(13-33)16-4-3-5-18(26)9-16/h3-12,22,28,33H,13,27H2,1-2H3,(H,30,34)(H,29,31,32)/t22-/m1/s1. The average Bonchev–Trinajstić information content (AvgIpc) is 3.30. The van der Waals surface area contributed by atoms with Crippen LogP contribution in [0, 0.1) is 13.8 Å². The number of H-pyrrole nitrogens is 1. The first-order valence-corrected chi connectivity index (χ1v) is 11.0. The molecule has 0 aliphatic rings. The van der Waals surface area contributed by atoms with Crippen LogP contribution in [0.15, 0.2) is 60.9 Å². The topological polar surface area (TPSA) is 129 Å². The Labute approximate surface area is 202 Å². The van der Waals surface area contributed by atoms with Gasteiger partial charge in [-0.2, -0.15) is 0 Å². The summed E-state index contributed by atoms with van der Waals surface area (Å²) in [6, 6.07) is 13.7. The van der Waals surface area contributed by atoms with E-state index >= 15 is 0 Å². The molecule has 34 heavy (non-hydrogen) atoms. The third-order valence-corrected chi connectivity index (χ3v) is 5.64. The van der Waals surface area contributed by atoms with Crippen LogP contribution in [-0.4, -0.2) is 32.6 Å². The predicted octanol–water partition coefficient (Wildman–Crippen LogP) is 4.53. The minimum absolute atomic E-state index is 0.260. The van der Waals surface area contributed by atoms with Crippen LogP contribution in [0.2, 0.25) is 5.02 Å². The summed E-state index contributed by atoms with van der Waals surface area (Å²) < 4.78 is 0. The second-order valence-electron chi connectivity index (χ2n) is 7.99. The van der Waals surface area contributed by atoms with Gasteiger partial charge in [0.2, 0.25) is 5.95 Å². The molecule has 6 N–H and O–H groups in total. The second-order valence-corrected chi connectivity index (χ2v) is 8.43. The molecule has 0 saturated heterocycles. The van der Waals surface area contributed by atoms with Gasteiger partial charge in [-0.25, -0.2) is 9.97 Å². The number of hydrogen-bond donors (Lipinski definition) is 5. The molecule has 8 nitrogen and oxygen atoms in total. The van der Waals surface area contributed by atoms with E-state index in [1.54, 1.807) is 42.7 Å². The van der Waals surface area contributed by atoms with Gasteiger partial charge in [0, 0.05) is 34.4 Å². The quantitative estimate of drug-likeness (QED) is 0.249. The zero-order valence-corrected chi connectivity index (χ0v) is 19.5. The van der Waals surface area contributed by atoms with Gasteiger partial charge < -0.3 is 26.5 Å². The minimum Gasteiger partial charge on any atom is -0.399 e. The Hall–Kier alpha value is -3.88. The van der Waals surface area contributed by atoms with Gasteiger partial charge in [-0.1, -0.05) is 23.7 Å². The van der Waals surface area contributed by atoms with Gasteiger partial charge in [0.25, 0.3) is 5.91 Å². The molecule has 2 aromatic carbocycles. The highest BCUT2D eigenvalue weighted by molar-refractivity contribution is 6.30. The third kappa shape index (κ3) is 5.19. The number of aromatic nitrogens is 3. The molecule has 0 saturated carbocycles. The number of nitrogens with two attached hydrogens (primary N) is 1. The molecule has 0 aliphatic heterocycles. The number of nitrogen functional groups attached to an aromatic ring is 1. The fraction of sp³-hybridized carbons (Fsp3) is 0.160. The zero-order valence-electron chi connectivity index (χ0n) is 18.8. The number of nitrogens with one attached hydrogen (secondary N) is 3. The van der Waals surface area contributed by atoms with E-state index in [9.17, 15) is 9.90 Å². The molecule has 1 atom stereocenters. The number of amides is 1. The maximum atomic E-state index is 12.8. The molecule has 9 heteroatoms. The smallest absolute Gasteiger partial charge is 0.268 e. The highest BCUT2D eigenvalue weighted by Crippen LogP contribution is 2.26. The minimum atomic E-state index is -0.585. The number of benzene rings is 2. The lowest BCUT2D eigenvalue weighted by atomic mass is 10.1. The fourth-order valence-electron chi connectivity index (χ4n) is 3.60. The second kappa shape index (κ2) is 9.94. The van der Waals surface area contributed by atoms with Crippen molar-refractivity contribution in [1.82, 2.24) is 20.3 Å². The van der Waals surface area contributed by atoms with Crippen molar-refractivity contribution in [3.05, 3.63) is 88.3 Å². The van der Waals surface area contributed by atoms with Crippen molar-refractivity contribution in [3.8, 4) is 11.3 Å². The van der Waals surface area contributed by atoms with E-state index in [-0.39, 0.29) is 12.5 Å². The van der Waals surface area contributed by atoms with Crippen molar-refractivity contribution >= 4 is 34.8 Å². The maximum Gasteiger partial charge on any atom is 0.268 e. The summed E-state index contributed by atoms with van der Waals surface area (Å²) >= 11 is 6.04. The Morgan fingerprint density at radius 2 is 2.00 bits per heavy atom. The van der Waals surface area contributed by atoms with Gasteiger partial charge in [0.15, 0.2) is 0 Å². The molecule has 0 fully saturated rings. The molecule has 2 aromatic heterocycles. The number of rotatable bonds is 7. The molecule has 0 bridgehead atoms. The van der Waals surface area contributed by atoms with E-state index in [2.05, 4.69) is 25.6 Å². The van der Waals surface area contributed by atoms with Crippen LogP contribution in [0.5, 0.6) is 0 Å². The van der Waals surface area contributed by atoms with E-state index in [4.69, 9.17) is 17.3 Å². The molecule has 0 spiro atoms. The lowest BCUT2D eigenvalue weighted by Crippen LogP contribution is -2.31. The first-order chi connectivity index (χ1) is 16.3. The Kier molecular flexibility index (Phi) is 6.81. The number of carbonyl (C=O) groups excluding carboxylic acids is 1. The first kappa shape index (κ1) is 23.3. The zero-order chi connectivity index (χ0) is 24.2. The van der Waals surface area contributed by atoms with Crippen molar-refractivity contribution in [1.29, 1.82) is 0 Å². The molecule has 0 aliphatic carbocycles. The fourth-order valence-corrected chi connectivity index (χ4v) is 3.80. The van der Waals surface area contributed by atoms with Crippen molar-refractivity contribution in [2.24, 2.45) is 0 Å². The number of hydrogen-bond acceptors (Lipinski definition) is 6. The summed E-state index contributed by atoms with van der Waals surface area (Å²) in [4.78, 5) is 24.9. The Balaban J connectivity index is 1.54. The first-order valence-electron chi connectivity index (χ1n) is 10.7. The average molecular weight is 477 g/mol. The summed E-state index contributed by atoms with van der Waals surface area (Å²) in [6.45, 7) is 3.60. The van der Waals surface area contributed by atoms with Crippen molar-refractivity contribution in [2.75, 3.05) is 17.7 Å². The van der Waals surface area contributed by atoms with Crippen LogP contribution >= 0.6 is 11.6 Å². The van der Waals surface area contributed by atoms with Crippen LogP contribution in [-0.2, 0) is 0 Å². The monoisotopic (exact) mass is 476 g/mol. The Morgan fingerprint density at radius 1 is 1.18 bits per heavy atom. The van der Waals surface area contributed by atoms with E-state index < -0.39 is 6.04 Å². The van der Waals surface area contributed by atoms with Gasteiger partial charge in [-0.15, -0.1) is 0 Å². The lowest BCUT2D eigenvalue weighted by Gasteiger charge is -2.16. The van der Waals surface area contributed by atoms with Gasteiger partial charge in [-0.3, -0.25) is 4.79 Å². The molecule has 174 valence electrons. The molecule has 2 heterocycles. The van der Waals surface area contributed by atoms with Crippen LogP contribution < -0.4 is 16.4 Å². The SMILES string of the molecule is Cc1cc(N)ccc1Nc1ncc(C)c(-c2c[nH]c(C(=O)N[C@H](CO)c3cccc(Cl)c3)c2)n1. The Bertz CT molecular complexity index is 1340. The van der Waals surface area contributed by atoms with E-state index in [0.29, 0.717) is 28.0 Å². The van der Waals surface area contributed by atoms with Crippen molar-refractivity contribution in [2.45, 2.75) is 19.9 Å². The number of aromatic amines is 1. The van der Waals surface area contributed by atoms with E-state index in [1.807, 2.05) is 32.0 Å². The van der Waals surface area contributed by atoms with Crippen molar-refractivity contribution in [3.63, 3.8) is 0 Å². The maximum absolute atomic E-state index is 12.8. The number of anilines is 3. The molecule has 1 amide bonds. The number of aryl methyl sites for hydroxylation is 2. The molecule has 4 rings (SSSR count). The highest BCUT2D eigenvalue weighted by Gasteiger charge is 2.18. The van der Waals surface area contributed by atoms with Crippen LogP contribution in [0.25, 0.3) is 11.3 Å². The lowest BCUT2D eigenvalue weighted by molar-refractivity contribution is 0.0911. The largest absolute Gasteiger partial charge is 0.399 e. The normalized spacial score (nSPS) is 11.8. The van der Waals surface area contributed by atoms with Gasteiger partial charge in [0.1, 0.15) is 5.69 Å². The number of carbonyl (C=O) groups is 1. The summed E-state index contributed by atoms with van der Waals surface area (Å²) in [5, 5.41) is 16.3. The molecule has 0 unspecified atom stereocenters. The number of nitrogens with zero attached hydrogens (tertiary/aromatic N) is 2. The van der Waals surface area contributed by atoms with Crippen LogP contribution in [0.3, 0.4) is 0 Å². The molecule has 4 aromatic rings. The van der Waals surface area contributed by atoms with Crippen LogP contribution in [0.4, 0.5) is 17.3 Å². The summed E-state index contributed by atoms with van der Waals surface area (Å²) in [5.41, 5.74) is 11.7. The van der Waals surface area contributed by atoms with Crippen molar-refractivity contribution < 1.29 is 9.90 Å². The van der Waals surface area contributed by atoms with Gasteiger partial charge in [-0.05, 0) is 66.9 Å². The van der Waals surface area contributed by atoms with Gasteiger partial charge >= 0.3 is 0 Å². The molecule has 0 radical (unpaired) electrons. The molecular weight excluding hydrogens is 452 g/mol. The number of halogens is 1. The van der Waals surface area contributed by atoms with Gasteiger partial charge in [0.05, 0.1) is 18.3 Å². The van der Waals surface area contributed by atoms with E-state index in [0.717, 1.165) is 27.9 Å². The summed E-state index contributed by atoms with van der Waals surface area (Å²) in [6.07, 6.45) is 3.45. The predicted molar refractivity (Wildman–Crippen MR) is 134 cm³/mol. The van der Waals surface area contributed by atoms with E-state index in [1.165, 1.54) is 0 Å². The molecular formula is C25H25ClN6O2. The number of aliphatic hydroxyl groups excluding tert-OH is 1. The number of aliphatic hydroxyl groups is 1. The summed E-state index contributed by atoms with van der Waals surface area (Å²) in [7, 11) is 0. The Morgan fingerprint density at radius 3 is 2.74 bits per heavy atom. The summed E-state index contributed by atoms with van der Waals surface area (Å²) in [5.74, 6) is 0.0785. The van der Waals surface area contributed by atoms with Crippen LogP contribution in [0.1, 0.15) is 33.2 Å².